The van der Waals surface area contributed by atoms with Gasteiger partial charge < -0.3 is 9.84 Å². The minimum atomic E-state index is -4.48. The van der Waals surface area contributed by atoms with Gasteiger partial charge in [-0.25, -0.2) is 15.8 Å². The van der Waals surface area contributed by atoms with Gasteiger partial charge in [0.05, 0.1) is 11.3 Å². The van der Waals surface area contributed by atoms with Crippen LogP contribution < -0.4 is 11.3 Å². The van der Waals surface area contributed by atoms with Crippen LogP contribution in [-0.2, 0) is 6.18 Å². The first-order chi connectivity index (χ1) is 9.29. The number of rotatable bonds is 3. The van der Waals surface area contributed by atoms with Crippen molar-refractivity contribution < 1.29 is 17.6 Å². The summed E-state index contributed by atoms with van der Waals surface area (Å²) >= 11 is 0.898. The van der Waals surface area contributed by atoms with Gasteiger partial charge in [-0.15, -0.1) is 0 Å². The van der Waals surface area contributed by atoms with E-state index in [1.54, 1.807) is 13.8 Å². The third-order valence-electron chi connectivity index (χ3n) is 2.48. The summed E-state index contributed by atoms with van der Waals surface area (Å²) in [6, 6.07) is 1.75. The molecule has 0 unspecified atom stereocenters. The average Bonchev–Trinajstić information content (AvgIpc) is 2.66. The van der Waals surface area contributed by atoms with Crippen molar-refractivity contribution in [2.24, 2.45) is 5.84 Å². The van der Waals surface area contributed by atoms with Crippen LogP contribution in [-0.4, -0.2) is 9.97 Å². The lowest BCUT2D eigenvalue weighted by Crippen LogP contribution is -2.12. The Hall–Kier alpha value is -1.74. The van der Waals surface area contributed by atoms with Crippen molar-refractivity contribution in [2.45, 2.75) is 30.3 Å². The Kier molecular flexibility index (Phi) is 3.91. The van der Waals surface area contributed by atoms with E-state index < -0.39 is 11.7 Å². The number of nitrogens with zero attached hydrogens (tertiary/aromatic N) is 2. The molecule has 3 N–H and O–H groups in total. The van der Waals surface area contributed by atoms with Gasteiger partial charge >= 0.3 is 6.18 Å². The molecule has 0 aromatic carbocycles. The second-order valence-electron chi connectivity index (χ2n) is 3.94. The normalized spacial score (nSPS) is 11.7. The van der Waals surface area contributed by atoms with E-state index in [1.165, 1.54) is 0 Å². The first kappa shape index (κ1) is 14.7. The van der Waals surface area contributed by atoms with Crippen LogP contribution in [0.2, 0.25) is 0 Å². The van der Waals surface area contributed by atoms with Crippen molar-refractivity contribution in [2.75, 3.05) is 5.43 Å². The summed E-state index contributed by atoms with van der Waals surface area (Å²) in [6.45, 7) is 3.47. The van der Waals surface area contributed by atoms with Crippen molar-refractivity contribution in [3.8, 4) is 0 Å². The fraction of sp³-hybridized carbons (Fsp3) is 0.273. The summed E-state index contributed by atoms with van der Waals surface area (Å²) in [5.41, 5.74) is 1.94. The molecule has 20 heavy (non-hydrogen) atoms. The molecule has 0 aliphatic carbocycles. The second kappa shape index (κ2) is 5.33. The number of hydrazine groups is 1. The number of pyridine rings is 1. The molecule has 0 atom stereocenters. The number of nitrogens with two attached hydrogens (primary N) is 1. The number of anilines is 1. The molecule has 0 bridgehead atoms. The second-order valence-corrected chi connectivity index (χ2v) is 4.92. The standard InChI is InChI=1S/C11H11F3N4OS/c1-5-6(2)19-10(16-5)20-9-4-7(11(12,13)14)3-8(17-9)18-15/h3-4H,15H2,1-2H3,(H,17,18). The number of hydrogen-bond acceptors (Lipinski definition) is 6. The summed E-state index contributed by atoms with van der Waals surface area (Å²) in [7, 11) is 0. The maximum Gasteiger partial charge on any atom is 0.416 e. The third-order valence-corrected chi connectivity index (χ3v) is 3.25. The Labute approximate surface area is 116 Å². The first-order valence-corrected chi connectivity index (χ1v) is 6.29. The molecule has 2 aromatic rings. The number of halogens is 3. The van der Waals surface area contributed by atoms with Crippen LogP contribution >= 0.6 is 11.8 Å². The van der Waals surface area contributed by atoms with Crippen molar-refractivity contribution >= 4 is 17.6 Å². The Morgan fingerprint density at radius 3 is 2.45 bits per heavy atom. The van der Waals surface area contributed by atoms with Crippen LogP contribution in [0.25, 0.3) is 0 Å². The minimum Gasteiger partial charge on any atom is -0.436 e. The van der Waals surface area contributed by atoms with Gasteiger partial charge in [0.2, 0.25) is 0 Å². The highest BCUT2D eigenvalue weighted by Crippen LogP contribution is 2.35. The average molecular weight is 304 g/mol. The number of nitrogen functional groups attached to an aromatic ring is 1. The lowest BCUT2D eigenvalue weighted by molar-refractivity contribution is -0.137. The monoisotopic (exact) mass is 304 g/mol. The summed E-state index contributed by atoms with van der Waals surface area (Å²) < 4.78 is 43.5. The van der Waals surface area contributed by atoms with Gasteiger partial charge in [-0.2, -0.15) is 13.2 Å². The molecule has 108 valence electrons. The maximum absolute atomic E-state index is 12.7. The highest BCUT2D eigenvalue weighted by molar-refractivity contribution is 7.99. The van der Waals surface area contributed by atoms with E-state index in [1.807, 2.05) is 0 Å². The van der Waals surface area contributed by atoms with E-state index in [-0.39, 0.29) is 16.1 Å². The molecule has 0 amide bonds. The Morgan fingerprint density at radius 2 is 1.95 bits per heavy atom. The van der Waals surface area contributed by atoms with E-state index in [9.17, 15) is 13.2 Å². The Balaban J connectivity index is 2.36. The van der Waals surface area contributed by atoms with Crippen LogP contribution in [0.1, 0.15) is 17.0 Å². The molecular weight excluding hydrogens is 293 g/mol. The number of aromatic nitrogens is 2. The Bertz CT molecular complexity index is 607. The lowest BCUT2D eigenvalue weighted by atomic mass is 10.2. The third kappa shape index (κ3) is 3.23. The number of oxazole rings is 1. The zero-order valence-corrected chi connectivity index (χ0v) is 11.4. The first-order valence-electron chi connectivity index (χ1n) is 5.47. The van der Waals surface area contributed by atoms with Gasteiger partial charge in [-0.1, -0.05) is 0 Å². The van der Waals surface area contributed by atoms with Gasteiger partial charge in [0, 0.05) is 0 Å². The Morgan fingerprint density at radius 1 is 1.25 bits per heavy atom. The zero-order valence-electron chi connectivity index (χ0n) is 10.6. The number of alkyl halides is 3. The molecule has 0 aliphatic rings. The van der Waals surface area contributed by atoms with Crippen LogP contribution in [0.5, 0.6) is 0 Å². The van der Waals surface area contributed by atoms with Crippen LogP contribution in [0.3, 0.4) is 0 Å². The summed E-state index contributed by atoms with van der Waals surface area (Å²) in [6.07, 6.45) is -4.48. The molecule has 2 aromatic heterocycles. The van der Waals surface area contributed by atoms with E-state index in [0.29, 0.717) is 11.5 Å². The highest BCUT2D eigenvalue weighted by atomic mass is 32.2. The van der Waals surface area contributed by atoms with Crippen molar-refractivity contribution in [1.82, 2.24) is 9.97 Å². The topological polar surface area (TPSA) is 77.0 Å². The van der Waals surface area contributed by atoms with Crippen molar-refractivity contribution in [1.29, 1.82) is 0 Å². The molecule has 0 aliphatic heterocycles. The molecule has 0 saturated heterocycles. The van der Waals surface area contributed by atoms with Gasteiger partial charge in [0.15, 0.2) is 0 Å². The highest BCUT2D eigenvalue weighted by Gasteiger charge is 2.32. The number of hydrogen-bond donors (Lipinski definition) is 2. The van der Waals surface area contributed by atoms with Crippen molar-refractivity contribution in [3.05, 3.63) is 29.2 Å². The summed E-state index contributed by atoms with van der Waals surface area (Å²) in [4.78, 5) is 8.00. The largest absolute Gasteiger partial charge is 0.436 e. The summed E-state index contributed by atoms with van der Waals surface area (Å²) in [5.74, 6) is 5.65. The van der Waals surface area contributed by atoms with Gasteiger partial charge in [-0.05, 0) is 37.7 Å². The van der Waals surface area contributed by atoms with E-state index >= 15 is 0 Å². The predicted octanol–water partition coefficient (Wildman–Crippen LogP) is 3.14. The zero-order chi connectivity index (χ0) is 14.9. The van der Waals surface area contributed by atoms with Crippen LogP contribution in [0.4, 0.5) is 19.0 Å². The molecule has 9 heteroatoms. The van der Waals surface area contributed by atoms with Crippen LogP contribution in [0.15, 0.2) is 26.8 Å². The van der Waals surface area contributed by atoms with E-state index in [0.717, 1.165) is 23.9 Å². The smallest absolute Gasteiger partial charge is 0.416 e. The molecule has 0 fully saturated rings. The molecule has 2 rings (SSSR count). The quantitative estimate of drug-likeness (QED) is 0.670. The van der Waals surface area contributed by atoms with Gasteiger partial charge in [-0.3, -0.25) is 0 Å². The number of nitrogens with one attached hydrogen (secondary N) is 1. The molecule has 0 radical (unpaired) electrons. The molecular formula is C11H11F3N4OS. The van der Waals surface area contributed by atoms with Crippen LogP contribution in [0, 0.1) is 13.8 Å². The molecule has 0 spiro atoms. The van der Waals surface area contributed by atoms with E-state index in [4.69, 9.17) is 10.3 Å². The fourth-order valence-corrected chi connectivity index (χ4v) is 2.23. The number of aryl methyl sites for hydroxylation is 2. The predicted molar refractivity (Wildman–Crippen MR) is 67.1 cm³/mol. The molecule has 0 saturated carbocycles. The summed E-state index contributed by atoms with van der Waals surface area (Å²) in [5, 5.41) is 0.323. The lowest BCUT2D eigenvalue weighted by Gasteiger charge is -2.09. The van der Waals surface area contributed by atoms with Gasteiger partial charge in [0.1, 0.15) is 16.6 Å². The minimum absolute atomic E-state index is 0.0812. The van der Waals surface area contributed by atoms with Crippen molar-refractivity contribution in [3.63, 3.8) is 0 Å². The SMILES string of the molecule is Cc1nc(Sc2cc(C(F)(F)F)cc(NN)n2)oc1C. The molecule has 5 nitrogen and oxygen atoms in total. The maximum atomic E-state index is 12.7. The van der Waals surface area contributed by atoms with Gasteiger partial charge in [0.25, 0.3) is 5.22 Å². The van der Waals surface area contributed by atoms with E-state index in [2.05, 4.69) is 15.4 Å². The molecule has 2 heterocycles. The fourth-order valence-electron chi connectivity index (χ4n) is 1.37.